The second-order valence-electron chi connectivity index (χ2n) is 6.15. The van der Waals surface area contributed by atoms with Crippen LogP contribution in [0.25, 0.3) is 0 Å². The lowest BCUT2D eigenvalue weighted by Crippen LogP contribution is -2.35. The van der Waals surface area contributed by atoms with Gasteiger partial charge in [0.25, 0.3) is 0 Å². The second kappa shape index (κ2) is 5.53. The third-order valence-electron chi connectivity index (χ3n) is 3.51. The molecule has 19 heavy (non-hydrogen) atoms. The highest BCUT2D eigenvalue weighted by Gasteiger charge is 2.30. The van der Waals surface area contributed by atoms with Gasteiger partial charge in [0.05, 0.1) is 5.56 Å². The first-order valence-corrected chi connectivity index (χ1v) is 6.44. The van der Waals surface area contributed by atoms with Crippen LogP contribution in [-0.2, 0) is 12.6 Å². The van der Waals surface area contributed by atoms with E-state index < -0.39 is 11.7 Å². The smallest absolute Gasteiger partial charge is 0.327 e. The fourth-order valence-corrected chi connectivity index (χ4v) is 1.90. The Kier molecular flexibility index (Phi) is 4.67. The van der Waals surface area contributed by atoms with Crippen molar-refractivity contribution >= 4 is 0 Å². The molecule has 1 aromatic rings. The zero-order valence-corrected chi connectivity index (χ0v) is 11.9. The van der Waals surface area contributed by atoms with Crippen molar-refractivity contribution in [1.29, 1.82) is 0 Å². The van der Waals surface area contributed by atoms with Crippen molar-refractivity contribution in [3.8, 4) is 0 Å². The maximum atomic E-state index is 12.5. The van der Waals surface area contributed by atoms with Crippen molar-refractivity contribution in [3.05, 3.63) is 34.9 Å². The average Bonchev–Trinajstić information content (AvgIpc) is 2.24. The third-order valence-corrected chi connectivity index (χ3v) is 3.51. The molecule has 0 heterocycles. The van der Waals surface area contributed by atoms with Crippen LogP contribution in [0.2, 0.25) is 0 Å². The molecule has 0 radical (unpaired) electrons. The molecule has 0 saturated heterocycles. The first-order chi connectivity index (χ1) is 8.51. The molecule has 1 unspecified atom stereocenters. The van der Waals surface area contributed by atoms with Crippen molar-refractivity contribution in [3.63, 3.8) is 0 Å². The lowest BCUT2D eigenvalue weighted by Gasteiger charge is -2.27. The number of aryl methyl sites for hydroxylation is 2. The van der Waals surface area contributed by atoms with Crippen LogP contribution in [0.15, 0.2) is 18.2 Å². The van der Waals surface area contributed by atoms with Crippen LogP contribution in [0.4, 0.5) is 13.2 Å². The fourth-order valence-electron chi connectivity index (χ4n) is 1.90. The fraction of sp³-hybridized carbons (Fsp3) is 0.600. The third kappa shape index (κ3) is 4.53. The highest BCUT2D eigenvalue weighted by atomic mass is 19.4. The minimum absolute atomic E-state index is 0.0137. The van der Waals surface area contributed by atoms with Gasteiger partial charge in [-0.15, -0.1) is 0 Å². The van der Waals surface area contributed by atoms with E-state index in [0.29, 0.717) is 12.0 Å². The van der Waals surface area contributed by atoms with E-state index in [0.717, 1.165) is 18.1 Å². The molecule has 0 aromatic heterocycles. The van der Waals surface area contributed by atoms with Gasteiger partial charge in [0.15, 0.2) is 0 Å². The van der Waals surface area contributed by atoms with Gasteiger partial charge in [0.1, 0.15) is 0 Å². The molecule has 1 aromatic carbocycles. The number of rotatable bonds is 3. The summed E-state index contributed by atoms with van der Waals surface area (Å²) in [5, 5.41) is 0. The summed E-state index contributed by atoms with van der Waals surface area (Å²) in [4.78, 5) is 0. The van der Waals surface area contributed by atoms with Gasteiger partial charge < -0.3 is 5.73 Å². The summed E-state index contributed by atoms with van der Waals surface area (Å²) < 4.78 is 37.6. The van der Waals surface area contributed by atoms with E-state index in [4.69, 9.17) is 5.73 Å². The maximum absolute atomic E-state index is 12.5. The Morgan fingerprint density at radius 2 is 1.74 bits per heavy atom. The first-order valence-electron chi connectivity index (χ1n) is 6.44. The largest absolute Gasteiger partial charge is 0.416 e. The van der Waals surface area contributed by atoms with E-state index in [1.54, 1.807) is 13.0 Å². The van der Waals surface area contributed by atoms with Crippen LogP contribution in [0.5, 0.6) is 0 Å². The second-order valence-corrected chi connectivity index (χ2v) is 6.15. The van der Waals surface area contributed by atoms with Gasteiger partial charge in [-0.3, -0.25) is 0 Å². The van der Waals surface area contributed by atoms with Gasteiger partial charge in [-0.25, -0.2) is 0 Å². The predicted molar refractivity (Wildman–Crippen MR) is 71.9 cm³/mol. The van der Waals surface area contributed by atoms with Crippen LogP contribution < -0.4 is 5.73 Å². The van der Waals surface area contributed by atoms with Gasteiger partial charge >= 0.3 is 6.18 Å². The van der Waals surface area contributed by atoms with Crippen LogP contribution in [0.1, 0.15) is 43.9 Å². The molecule has 0 saturated carbocycles. The van der Waals surface area contributed by atoms with E-state index in [9.17, 15) is 13.2 Å². The molecule has 0 fully saturated rings. The Hall–Kier alpha value is -1.03. The summed E-state index contributed by atoms with van der Waals surface area (Å²) in [5.74, 6) is 0. The molecule has 0 aliphatic heterocycles. The zero-order valence-electron chi connectivity index (χ0n) is 11.9. The summed E-state index contributed by atoms with van der Waals surface area (Å²) in [6.45, 7) is 7.92. The van der Waals surface area contributed by atoms with Gasteiger partial charge in [-0.1, -0.05) is 26.8 Å². The number of benzene rings is 1. The van der Waals surface area contributed by atoms with Gasteiger partial charge in [-0.05, 0) is 48.4 Å². The minimum atomic E-state index is -4.27. The van der Waals surface area contributed by atoms with Crippen molar-refractivity contribution in [1.82, 2.24) is 0 Å². The van der Waals surface area contributed by atoms with Crippen molar-refractivity contribution in [2.75, 3.05) is 0 Å². The maximum Gasteiger partial charge on any atom is 0.416 e. The Balaban J connectivity index is 2.77. The van der Waals surface area contributed by atoms with Crippen LogP contribution in [-0.4, -0.2) is 6.04 Å². The number of hydrogen-bond acceptors (Lipinski definition) is 1. The van der Waals surface area contributed by atoms with Gasteiger partial charge in [0, 0.05) is 6.04 Å². The Labute approximate surface area is 113 Å². The summed E-state index contributed by atoms with van der Waals surface area (Å²) in [6.07, 6.45) is -2.79. The van der Waals surface area contributed by atoms with E-state index >= 15 is 0 Å². The zero-order chi connectivity index (χ0) is 14.8. The molecular weight excluding hydrogens is 251 g/mol. The molecule has 0 aliphatic carbocycles. The lowest BCUT2D eigenvalue weighted by molar-refractivity contribution is -0.137. The molecule has 0 amide bonds. The van der Waals surface area contributed by atoms with Gasteiger partial charge in [0.2, 0.25) is 0 Å². The highest BCUT2D eigenvalue weighted by Crippen LogP contribution is 2.31. The molecule has 0 aliphatic rings. The predicted octanol–water partition coefficient (Wildman–Crippen LogP) is 4.32. The Bertz CT molecular complexity index is 430. The lowest BCUT2D eigenvalue weighted by atomic mass is 9.83. The normalized spacial score (nSPS) is 14.5. The molecule has 1 rings (SSSR count). The van der Waals surface area contributed by atoms with Crippen molar-refractivity contribution in [2.24, 2.45) is 11.1 Å². The van der Waals surface area contributed by atoms with E-state index in [1.807, 2.05) is 0 Å². The molecule has 4 heteroatoms. The molecular formula is C15H22F3N. The topological polar surface area (TPSA) is 26.0 Å². The number of halogens is 3. The molecule has 1 nitrogen and oxygen atoms in total. The van der Waals surface area contributed by atoms with Gasteiger partial charge in [-0.2, -0.15) is 13.2 Å². The minimum Gasteiger partial charge on any atom is -0.327 e. The van der Waals surface area contributed by atoms with Crippen LogP contribution in [0, 0.1) is 12.3 Å². The Morgan fingerprint density at radius 3 is 2.16 bits per heavy atom. The monoisotopic (exact) mass is 273 g/mol. The van der Waals surface area contributed by atoms with Crippen LogP contribution >= 0.6 is 0 Å². The highest BCUT2D eigenvalue weighted by molar-refractivity contribution is 5.32. The van der Waals surface area contributed by atoms with Crippen molar-refractivity contribution < 1.29 is 13.2 Å². The standard InChI is InChI=1S/C15H22F3N/c1-10-9-12(15(16,17)18)7-5-11(10)6-8-13(19)14(2,3)4/h5,7,9,13H,6,8,19H2,1-4H3. The summed E-state index contributed by atoms with van der Waals surface area (Å²) in [7, 11) is 0. The molecule has 108 valence electrons. The molecule has 2 N–H and O–H groups in total. The number of alkyl halides is 3. The van der Waals surface area contributed by atoms with E-state index in [-0.39, 0.29) is 11.5 Å². The SMILES string of the molecule is Cc1cc(C(F)(F)F)ccc1CCC(N)C(C)(C)C. The van der Waals surface area contributed by atoms with Crippen LogP contribution in [0.3, 0.4) is 0 Å². The molecule has 0 spiro atoms. The summed E-state index contributed by atoms with van der Waals surface area (Å²) >= 11 is 0. The first kappa shape index (κ1) is 16.0. The van der Waals surface area contributed by atoms with E-state index in [1.165, 1.54) is 6.07 Å². The number of hydrogen-bond donors (Lipinski definition) is 1. The molecule has 0 bridgehead atoms. The molecule has 1 atom stereocenters. The summed E-state index contributed by atoms with van der Waals surface area (Å²) in [6, 6.07) is 3.95. The van der Waals surface area contributed by atoms with E-state index in [2.05, 4.69) is 20.8 Å². The average molecular weight is 273 g/mol. The summed E-state index contributed by atoms with van der Waals surface area (Å²) in [5.41, 5.74) is 7.11. The van der Waals surface area contributed by atoms with Crippen molar-refractivity contribution in [2.45, 2.75) is 52.8 Å². The number of nitrogens with two attached hydrogens (primary N) is 1. The Morgan fingerprint density at radius 1 is 1.16 bits per heavy atom. The quantitative estimate of drug-likeness (QED) is 0.872.